The number of ether oxygens (including phenoxy) is 1. The predicted molar refractivity (Wildman–Crippen MR) is 59.5 cm³/mol. The van der Waals surface area contributed by atoms with Gasteiger partial charge in [0.1, 0.15) is 0 Å². The highest BCUT2D eigenvalue weighted by Gasteiger charge is 2.09. The molecule has 0 N–H and O–H groups in total. The summed E-state index contributed by atoms with van der Waals surface area (Å²) < 4.78 is 5.54. The molecule has 0 aromatic heterocycles. The first kappa shape index (κ1) is 11.5. The topological polar surface area (TPSA) is 12.5 Å². The second-order valence-corrected chi connectivity index (χ2v) is 4.35. The minimum absolute atomic E-state index is 0.919. The van der Waals surface area contributed by atoms with Crippen LogP contribution in [0.2, 0.25) is 0 Å². The molecule has 0 bridgehead atoms. The first-order valence-electron chi connectivity index (χ1n) is 5.29. The maximum absolute atomic E-state index is 5.54. The van der Waals surface area contributed by atoms with E-state index in [0.29, 0.717) is 0 Å². The summed E-state index contributed by atoms with van der Waals surface area (Å²) in [5.41, 5.74) is 0. The van der Waals surface area contributed by atoms with E-state index < -0.39 is 0 Å². The van der Waals surface area contributed by atoms with Gasteiger partial charge in [0, 0.05) is 18.5 Å². The summed E-state index contributed by atoms with van der Waals surface area (Å²) in [5.74, 6) is 0. The maximum Gasteiger partial charge on any atom is 0.0593 e. The van der Waals surface area contributed by atoms with Gasteiger partial charge in [-0.3, -0.25) is 0 Å². The van der Waals surface area contributed by atoms with Crippen molar-refractivity contribution in [2.24, 2.45) is 0 Å². The Morgan fingerprint density at radius 3 is 2.54 bits per heavy atom. The Balaban J connectivity index is 1.78. The normalized spacial score (nSPS) is 18.2. The zero-order valence-corrected chi connectivity index (χ0v) is 9.89. The molecule has 78 valence electrons. The van der Waals surface area contributed by atoms with Crippen molar-refractivity contribution in [3.05, 3.63) is 0 Å². The van der Waals surface area contributed by atoms with Crippen molar-refractivity contribution < 1.29 is 4.74 Å². The minimum Gasteiger partial charge on any atom is -0.380 e. The predicted octanol–water partition coefficient (Wildman–Crippen LogP) is 2.27. The molecule has 0 unspecified atom stereocenters. The van der Waals surface area contributed by atoms with Gasteiger partial charge < -0.3 is 9.64 Å². The van der Waals surface area contributed by atoms with Crippen LogP contribution in [0.4, 0.5) is 0 Å². The smallest absolute Gasteiger partial charge is 0.0593 e. The van der Waals surface area contributed by atoms with Crippen LogP contribution in [0, 0.1) is 0 Å². The van der Waals surface area contributed by atoms with Crippen LogP contribution in [0.15, 0.2) is 0 Å². The van der Waals surface area contributed by atoms with Gasteiger partial charge in [0.2, 0.25) is 0 Å². The van der Waals surface area contributed by atoms with E-state index in [1.54, 1.807) is 0 Å². The molecule has 0 saturated carbocycles. The fourth-order valence-electron chi connectivity index (χ4n) is 1.60. The Bertz CT molecular complexity index is 115. The largest absolute Gasteiger partial charge is 0.380 e. The van der Waals surface area contributed by atoms with Crippen molar-refractivity contribution in [2.45, 2.75) is 25.7 Å². The third-order valence-corrected chi connectivity index (χ3v) is 2.98. The quantitative estimate of drug-likeness (QED) is 0.507. The van der Waals surface area contributed by atoms with Crippen LogP contribution < -0.4 is 0 Å². The van der Waals surface area contributed by atoms with E-state index in [1.165, 1.54) is 38.8 Å². The second-order valence-electron chi connectivity index (χ2n) is 3.56. The molecule has 3 heteroatoms. The number of likely N-dealkylation sites (tertiary alicyclic amines) is 1. The van der Waals surface area contributed by atoms with Gasteiger partial charge in [-0.25, -0.2) is 0 Å². The molecule has 1 heterocycles. The molecule has 1 saturated heterocycles. The Labute approximate surface area is 89.8 Å². The summed E-state index contributed by atoms with van der Waals surface area (Å²) in [7, 11) is 0. The van der Waals surface area contributed by atoms with Crippen molar-refractivity contribution in [3.8, 4) is 0 Å². The summed E-state index contributed by atoms with van der Waals surface area (Å²) in [6.45, 7) is 5.55. The Hall–Kier alpha value is 0.400. The van der Waals surface area contributed by atoms with Crippen LogP contribution in [0.1, 0.15) is 25.7 Å². The molecule has 1 rings (SSSR count). The number of unbranched alkanes of at least 4 members (excludes halogenated alkanes) is 1. The third-order valence-electron chi connectivity index (χ3n) is 2.42. The van der Waals surface area contributed by atoms with Crippen LogP contribution in [0.3, 0.4) is 0 Å². The summed E-state index contributed by atoms with van der Waals surface area (Å²) >= 11 is 3.41. The van der Waals surface area contributed by atoms with Crippen molar-refractivity contribution in [2.75, 3.05) is 38.2 Å². The zero-order chi connectivity index (χ0) is 9.36. The van der Waals surface area contributed by atoms with Gasteiger partial charge in [0.05, 0.1) is 6.61 Å². The zero-order valence-electron chi connectivity index (χ0n) is 8.30. The highest BCUT2D eigenvalue weighted by atomic mass is 79.9. The second kappa shape index (κ2) is 7.77. The van der Waals surface area contributed by atoms with E-state index in [9.17, 15) is 0 Å². The summed E-state index contributed by atoms with van der Waals surface area (Å²) in [6.07, 6.45) is 5.17. The van der Waals surface area contributed by atoms with Gasteiger partial charge >= 0.3 is 0 Å². The van der Waals surface area contributed by atoms with Gasteiger partial charge in [-0.15, -0.1) is 0 Å². The van der Waals surface area contributed by atoms with E-state index >= 15 is 0 Å². The Morgan fingerprint density at radius 1 is 1.08 bits per heavy atom. The molecule has 13 heavy (non-hydrogen) atoms. The summed E-state index contributed by atoms with van der Waals surface area (Å²) in [4.78, 5) is 2.49. The fourth-order valence-corrected chi connectivity index (χ4v) is 2.00. The number of rotatable bonds is 7. The van der Waals surface area contributed by atoms with Crippen LogP contribution >= 0.6 is 15.9 Å². The highest BCUT2D eigenvalue weighted by Crippen LogP contribution is 2.06. The monoisotopic (exact) mass is 249 g/mol. The number of alkyl halides is 1. The molecule has 1 aliphatic heterocycles. The standard InChI is InChI=1S/C10H20BrNO/c11-5-1-4-9-13-10-8-12-6-2-3-7-12/h1-10H2. The maximum atomic E-state index is 5.54. The lowest BCUT2D eigenvalue weighted by Crippen LogP contribution is -2.24. The average Bonchev–Trinajstić information content (AvgIpc) is 2.63. The average molecular weight is 250 g/mol. The Morgan fingerprint density at radius 2 is 1.85 bits per heavy atom. The lowest BCUT2D eigenvalue weighted by molar-refractivity contribution is 0.109. The van der Waals surface area contributed by atoms with Gasteiger partial charge in [-0.1, -0.05) is 15.9 Å². The summed E-state index contributed by atoms with van der Waals surface area (Å²) in [5, 5.41) is 1.10. The third kappa shape index (κ3) is 5.66. The van der Waals surface area contributed by atoms with E-state index in [4.69, 9.17) is 4.74 Å². The molecule has 2 nitrogen and oxygen atoms in total. The van der Waals surface area contributed by atoms with Crippen molar-refractivity contribution >= 4 is 15.9 Å². The molecule has 0 aromatic rings. The Kier molecular flexibility index (Phi) is 6.86. The molecular weight excluding hydrogens is 230 g/mol. The van der Waals surface area contributed by atoms with Crippen LogP contribution in [0.5, 0.6) is 0 Å². The van der Waals surface area contributed by atoms with Crippen LogP contribution in [-0.2, 0) is 4.74 Å². The lowest BCUT2D eigenvalue weighted by Gasteiger charge is -2.13. The molecule has 1 fully saturated rings. The van der Waals surface area contributed by atoms with Gasteiger partial charge in [-0.2, -0.15) is 0 Å². The molecular formula is C10H20BrNO. The molecule has 0 atom stereocenters. The molecule has 0 radical (unpaired) electrons. The molecule has 0 amide bonds. The van der Waals surface area contributed by atoms with Crippen LogP contribution in [-0.4, -0.2) is 43.1 Å². The first-order valence-corrected chi connectivity index (χ1v) is 6.41. The van der Waals surface area contributed by atoms with Gasteiger partial charge in [0.25, 0.3) is 0 Å². The SMILES string of the molecule is BrCCCCOCCN1CCCC1. The minimum atomic E-state index is 0.919. The molecule has 0 spiro atoms. The molecule has 0 aromatic carbocycles. The van der Waals surface area contributed by atoms with Gasteiger partial charge in [0.15, 0.2) is 0 Å². The highest BCUT2D eigenvalue weighted by molar-refractivity contribution is 9.09. The lowest BCUT2D eigenvalue weighted by atomic mass is 10.4. The number of hydrogen-bond acceptors (Lipinski definition) is 2. The van der Waals surface area contributed by atoms with Crippen LogP contribution in [0.25, 0.3) is 0 Å². The van der Waals surface area contributed by atoms with E-state index in [0.717, 1.165) is 25.1 Å². The first-order chi connectivity index (χ1) is 6.43. The summed E-state index contributed by atoms with van der Waals surface area (Å²) in [6, 6.07) is 0. The number of nitrogens with zero attached hydrogens (tertiary/aromatic N) is 1. The van der Waals surface area contributed by atoms with E-state index in [2.05, 4.69) is 20.8 Å². The van der Waals surface area contributed by atoms with E-state index in [1.807, 2.05) is 0 Å². The molecule has 0 aliphatic carbocycles. The van der Waals surface area contributed by atoms with Crippen molar-refractivity contribution in [1.29, 1.82) is 0 Å². The van der Waals surface area contributed by atoms with Gasteiger partial charge in [-0.05, 0) is 38.8 Å². The van der Waals surface area contributed by atoms with Crippen molar-refractivity contribution in [1.82, 2.24) is 4.90 Å². The number of hydrogen-bond donors (Lipinski definition) is 0. The van der Waals surface area contributed by atoms with E-state index in [-0.39, 0.29) is 0 Å². The fraction of sp³-hybridized carbons (Fsp3) is 1.00. The molecule has 1 aliphatic rings. The van der Waals surface area contributed by atoms with Crippen molar-refractivity contribution in [3.63, 3.8) is 0 Å². The number of halogens is 1.